The van der Waals surface area contributed by atoms with E-state index in [1.54, 1.807) is 12.1 Å². The molecule has 1 saturated carbocycles. The number of anilines is 2. The van der Waals surface area contributed by atoms with Crippen LogP contribution in [0.5, 0.6) is 0 Å². The third-order valence-corrected chi connectivity index (χ3v) is 4.63. The quantitative estimate of drug-likeness (QED) is 0.716. The molecule has 0 heterocycles. The zero-order valence-electron chi connectivity index (χ0n) is 12.1. The Labute approximate surface area is 121 Å². The summed E-state index contributed by atoms with van der Waals surface area (Å²) in [7, 11) is 0.652. The maximum absolute atomic E-state index is 11.9. The summed E-state index contributed by atoms with van der Waals surface area (Å²) >= 11 is 0. The molecule has 0 amide bonds. The Bertz CT molecular complexity index is 522. The molecule has 1 aromatic rings. The van der Waals surface area contributed by atoms with E-state index < -0.39 is 10.0 Å². The molecule has 0 unspecified atom stereocenters. The van der Waals surface area contributed by atoms with Crippen LogP contribution in [0.25, 0.3) is 0 Å². The van der Waals surface area contributed by atoms with Crippen molar-refractivity contribution in [1.82, 2.24) is 5.32 Å². The zero-order chi connectivity index (χ0) is 14.6. The van der Waals surface area contributed by atoms with Crippen LogP contribution in [0, 0.1) is 0 Å². The summed E-state index contributed by atoms with van der Waals surface area (Å²) < 4.78 is 26.5. The van der Waals surface area contributed by atoms with E-state index in [0.29, 0.717) is 18.2 Å². The fraction of sp³-hybridized carbons (Fsp3) is 0.571. The van der Waals surface area contributed by atoms with Crippen LogP contribution in [-0.2, 0) is 10.0 Å². The van der Waals surface area contributed by atoms with Gasteiger partial charge < -0.3 is 10.2 Å². The molecule has 0 aliphatic heterocycles. The van der Waals surface area contributed by atoms with Gasteiger partial charge in [0.25, 0.3) is 0 Å². The van der Waals surface area contributed by atoms with Gasteiger partial charge in [-0.25, -0.2) is 8.42 Å². The third-order valence-electron chi connectivity index (χ3n) is 3.26. The monoisotopic (exact) mass is 297 g/mol. The largest absolute Gasteiger partial charge is 0.378 e. The van der Waals surface area contributed by atoms with Gasteiger partial charge in [-0.2, -0.15) is 0 Å². The highest BCUT2D eigenvalue weighted by Gasteiger charge is 2.20. The molecule has 1 aromatic carbocycles. The minimum atomic E-state index is -3.25. The minimum absolute atomic E-state index is 0.155. The smallest absolute Gasteiger partial charge is 0.232 e. The summed E-state index contributed by atoms with van der Waals surface area (Å²) in [5, 5.41) is 3.32. The van der Waals surface area contributed by atoms with Gasteiger partial charge in [-0.05, 0) is 50.1 Å². The maximum atomic E-state index is 11.9. The first-order valence-electron chi connectivity index (χ1n) is 6.97. The van der Waals surface area contributed by atoms with Crippen molar-refractivity contribution in [2.24, 2.45) is 0 Å². The molecule has 5 nitrogen and oxygen atoms in total. The van der Waals surface area contributed by atoms with Gasteiger partial charge in [-0.15, -0.1) is 0 Å². The summed E-state index contributed by atoms with van der Waals surface area (Å²) in [5.74, 6) is 0.155. The first-order valence-corrected chi connectivity index (χ1v) is 8.63. The van der Waals surface area contributed by atoms with Crippen LogP contribution in [0.2, 0.25) is 0 Å². The summed E-state index contributed by atoms with van der Waals surface area (Å²) in [5.41, 5.74) is 1.66. The summed E-state index contributed by atoms with van der Waals surface area (Å²) in [6.45, 7) is 0.769. The second kappa shape index (κ2) is 6.45. The van der Waals surface area contributed by atoms with Crippen molar-refractivity contribution in [3.8, 4) is 0 Å². The van der Waals surface area contributed by atoms with Gasteiger partial charge in [0.15, 0.2) is 0 Å². The molecular formula is C14H23N3O2S. The number of sulfonamides is 1. The molecule has 6 heteroatoms. The van der Waals surface area contributed by atoms with Crippen LogP contribution in [-0.4, -0.2) is 40.9 Å². The van der Waals surface area contributed by atoms with Crippen LogP contribution in [0.1, 0.15) is 19.3 Å². The second-order valence-electron chi connectivity index (χ2n) is 5.44. The van der Waals surface area contributed by atoms with E-state index in [4.69, 9.17) is 0 Å². The average molecular weight is 297 g/mol. The number of benzene rings is 1. The standard InChI is InChI=1S/C14H23N3O2S/c1-17(2)14-8-6-13(7-9-14)16-20(18,19)11-3-10-15-12-4-5-12/h6-9,12,15-16H,3-5,10-11H2,1-2H3. The molecule has 0 radical (unpaired) electrons. The Morgan fingerprint density at radius 2 is 1.85 bits per heavy atom. The Hall–Kier alpha value is -1.27. The Morgan fingerprint density at radius 3 is 2.40 bits per heavy atom. The van der Waals surface area contributed by atoms with E-state index in [1.165, 1.54) is 12.8 Å². The highest BCUT2D eigenvalue weighted by molar-refractivity contribution is 7.92. The van der Waals surface area contributed by atoms with Crippen molar-refractivity contribution in [1.29, 1.82) is 0 Å². The number of hydrogen-bond donors (Lipinski definition) is 2. The highest BCUT2D eigenvalue weighted by Crippen LogP contribution is 2.19. The van der Waals surface area contributed by atoms with E-state index in [0.717, 1.165) is 12.2 Å². The van der Waals surface area contributed by atoms with E-state index in [2.05, 4.69) is 10.0 Å². The average Bonchev–Trinajstić information content (AvgIpc) is 3.19. The predicted octanol–water partition coefficient (Wildman–Crippen LogP) is 1.64. The molecule has 0 bridgehead atoms. The van der Waals surface area contributed by atoms with Crippen molar-refractivity contribution < 1.29 is 8.42 Å². The van der Waals surface area contributed by atoms with Crippen molar-refractivity contribution >= 4 is 21.4 Å². The molecule has 0 saturated heterocycles. The van der Waals surface area contributed by atoms with Gasteiger partial charge in [0.05, 0.1) is 5.75 Å². The van der Waals surface area contributed by atoms with E-state index in [-0.39, 0.29) is 5.75 Å². The molecule has 1 aliphatic rings. The number of nitrogens with zero attached hydrogens (tertiary/aromatic N) is 1. The molecule has 2 N–H and O–H groups in total. The van der Waals surface area contributed by atoms with Crippen LogP contribution in [0.4, 0.5) is 11.4 Å². The third kappa shape index (κ3) is 5.02. The van der Waals surface area contributed by atoms with Gasteiger partial charge in [-0.3, -0.25) is 4.72 Å². The molecule has 1 aliphatic carbocycles. The lowest BCUT2D eigenvalue weighted by Gasteiger charge is -2.13. The van der Waals surface area contributed by atoms with Crippen molar-refractivity contribution in [2.75, 3.05) is 36.0 Å². The lowest BCUT2D eigenvalue weighted by Crippen LogP contribution is -2.23. The molecule has 112 valence electrons. The molecular weight excluding hydrogens is 274 g/mol. The lowest BCUT2D eigenvalue weighted by molar-refractivity contribution is 0.593. The fourth-order valence-corrected chi connectivity index (χ4v) is 3.04. The van der Waals surface area contributed by atoms with E-state index >= 15 is 0 Å². The molecule has 20 heavy (non-hydrogen) atoms. The van der Waals surface area contributed by atoms with Crippen molar-refractivity contribution in [3.63, 3.8) is 0 Å². The Balaban J connectivity index is 1.80. The Kier molecular flexibility index (Phi) is 4.88. The summed E-state index contributed by atoms with van der Waals surface area (Å²) in [6, 6.07) is 7.99. The molecule has 0 spiro atoms. The first-order chi connectivity index (χ1) is 9.46. The number of hydrogen-bond acceptors (Lipinski definition) is 4. The summed E-state index contributed by atoms with van der Waals surface area (Å²) in [6.07, 6.45) is 3.09. The van der Waals surface area contributed by atoms with Gasteiger partial charge >= 0.3 is 0 Å². The van der Waals surface area contributed by atoms with Gasteiger partial charge in [0.2, 0.25) is 10.0 Å². The number of rotatable bonds is 8. The van der Waals surface area contributed by atoms with E-state index in [9.17, 15) is 8.42 Å². The SMILES string of the molecule is CN(C)c1ccc(NS(=O)(=O)CCCNC2CC2)cc1. The Morgan fingerprint density at radius 1 is 1.20 bits per heavy atom. The van der Waals surface area contributed by atoms with Crippen LogP contribution >= 0.6 is 0 Å². The molecule has 0 atom stereocenters. The topological polar surface area (TPSA) is 61.4 Å². The molecule has 2 rings (SSSR count). The van der Waals surface area contributed by atoms with Gasteiger partial charge in [0, 0.05) is 31.5 Å². The van der Waals surface area contributed by atoms with Crippen LogP contribution < -0.4 is 14.9 Å². The highest BCUT2D eigenvalue weighted by atomic mass is 32.2. The zero-order valence-corrected chi connectivity index (χ0v) is 12.9. The molecule has 1 fully saturated rings. The van der Waals surface area contributed by atoms with Gasteiger partial charge in [0.1, 0.15) is 0 Å². The number of nitrogens with one attached hydrogen (secondary N) is 2. The van der Waals surface area contributed by atoms with E-state index in [1.807, 2.05) is 31.1 Å². The van der Waals surface area contributed by atoms with Gasteiger partial charge in [-0.1, -0.05) is 0 Å². The first kappa shape index (κ1) is 15.1. The minimum Gasteiger partial charge on any atom is -0.378 e. The predicted molar refractivity (Wildman–Crippen MR) is 83.8 cm³/mol. The van der Waals surface area contributed by atoms with Crippen molar-refractivity contribution in [2.45, 2.75) is 25.3 Å². The molecule has 0 aromatic heterocycles. The normalized spacial score (nSPS) is 15.1. The summed E-state index contributed by atoms with van der Waals surface area (Å²) in [4.78, 5) is 1.97. The van der Waals surface area contributed by atoms with Crippen LogP contribution in [0.15, 0.2) is 24.3 Å². The van der Waals surface area contributed by atoms with Crippen LogP contribution in [0.3, 0.4) is 0 Å². The second-order valence-corrected chi connectivity index (χ2v) is 7.29. The fourth-order valence-electron chi connectivity index (χ4n) is 1.91. The van der Waals surface area contributed by atoms with Crippen molar-refractivity contribution in [3.05, 3.63) is 24.3 Å². The lowest BCUT2D eigenvalue weighted by atomic mass is 10.3. The maximum Gasteiger partial charge on any atom is 0.232 e.